The number of hydrogen-bond acceptors (Lipinski definition) is 5. The van der Waals surface area contributed by atoms with Gasteiger partial charge in [-0.05, 0) is 162 Å². The number of carboxylic acid groups (broad SMARTS) is 1. The SMILES string of the molecule is Cc1cc([C+](c2ccc(/C=C/c3ccc(N(C)C)cc3)c(C)c2)c2ccc(/C=C/c3ccc(N(C)C)cc3)c(C)c2)ccc1/C=C/c1ccc(N(C)C)cc1.O=C([O-])C(F)(F)F. The molecule has 62 heavy (non-hydrogen) atoms. The molecule has 0 radical (unpaired) electrons. The molecule has 0 bridgehead atoms. The summed E-state index contributed by atoms with van der Waals surface area (Å²) in [5.74, 6) is -1.78. The fourth-order valence-electron chi connectivity index (χ4n) is 6.76. The van der Waals surface area contributed by atoms with Crippen LogP contribution in [0.1, 0.15) is 66.8 Å². The van der Waals surface area contributed by atoms with E-state index in [1.54, 1.807) is 0 Å². The van der Waals surface area contributed by atoms with Gasteiger partial charge in [0.1, 0.15) is 5.97 Å². The highest BCUT2D eigenvalue weighted by Gasteiger charge is 2.29. The number of aliphatic carboxylic acids is 1. The minimum absolute atomic E-state index is 1.19. The smallest absolute Gasteiger partial charge is 0.430 e. The highest BCUT2D eigenvalue weighted by molar-refractivity contribution is 5.76. The van der Waals surface area contributed by atoms with E-state index in [0.29, 0.717) is 0 Å². The maximum atomic E-state index is 10.5. The third-order valence-corrected chi connectivity index (χ3v) is 10.5. The van der Waals surface area contributed by atoms with Crippen LogP contribution in [-0.2, 0) is 4.79 Å². The first-order valence-electron chi connectivity index (χ1n) is 20.2. The van der Waals surface area contributed by atoms with E-state index in [0.717, 1.165) is 0 Å². The van der Waals surface area contributed by atoms with Crippen molar-refractivity contribution in [3.8, 4) is 0 Å². The number of aryl methyl sites for hydroxylation is 3. The van der Waals surface area contributed by atoms with Crippen LogP contribution in [0.4, 0.5) is 30.2 Å². The average molecular weight is 834 g/mol. The highest BCUT2D eigenvalue weighted by atomic mass is 19.4. The van der Waals surface area contributed by atoms with Crippen LogP contribution in [0.15, 0.2) is 127 Å². The molecule has 6 aromatic carbocycles. The topological polar surface area (TPSA) is 49.8 Å². The summed E-state index contributed by atoms with van der Waals surface area (Å²) in [5.41, 5.74) is 18.1. The first-order chi connectivity index (χ1) is 29.4. The quantitative estimate of drug-likeness (QED) is 0.0698. The van der Waals surface area contributed by atoms with Crippen molar-refractivity contribution < 1.29 is 23.1 Å². The van der Waals surface area contributed by atoms with Gasteiger partial charge in [0.2, 0.25) is 0 Å². The highest BCUT2D eigenvalue weighted by Crippen LogP contribution is 2.35. The van der Waals surface area contributed by atoms with E-state index in [2.05, 4.69) is 242 Å². The molecule has 0 saturated heterocycles. The number of rotatable bonds is 12. The van der Waals surface area contributed by atoms with Crippen molar-refractivity contribution in [1.29, 1.82) is 0 Å². The van der Waals surface area contributed by atoms with Gasteiger partial charge in [-0.1, -0.05) is 72.9 Å². The third kappa shape index (κ3) is 12.6. The molecule has 0 unspecified atom stereocenters. The van der Waals surface area contributed by atoms with Crippen LogP contribution < -0.4 is 19.8 Å². The lowest BCUT2D eigenvalue weighted by molar-refractivity contribution is -0.344. The predicted molar refractivity (Wildman–Crippen MR) is 254 cm³/mol. The van der Waals surface area contributed by atoms with E-state index in [4.69, 9.17) is 9.90 Å². The van der Waals surface area contributed by atoms with Crippen molar-refractivity contribution in [2.24, 2.45) is 0 Å². The molecule has 6 aromatic rings. The van der Waals surface area contributed by atoms with Gasteiger partial charge < -0.3 is 24.6 Å². The van der Waals surface area contributed by atoms with E-state index >= 15 is 0 Å². The normalized spacial score (nSPS) is 11.5. The summed E-state index contributed by atoms with van der Waals surface area (Å²) in [4.78, 5) is 15.2. The van der Waals surface area contributed by atoms with Crippen molar-refractivity contribution in [1.82, 2.24) is 0 Å². The first kappa shape index (κ1) is 46.1. The summed E-state index contributed by atoms with van der Waals surface area (Å²) in [6.45, 7) is 6.64. The number of benzene rings is 6. The fraction of sp³-hybridized carbons (Fsp3) is 0.185. The lowest BCUT2D eigenvalue weighted by Crippen LogP contribution is -2.37. The number of anilines is 3. The Hall–Kier alpha value is -6.93. The molecule has 0 N–H and O–H groups in total. The second kappa shape index (κ2) is 20.6. The molecule has 0 aromatic heterocycles. The summed E-state index contributed by atoms with van der Waals surface area (Å²) >= 11 is 0. The van der Waals surface area contributed by atoms with Gasteiger partial charge in [0.25, 0.3) is 0 Å². The van der Waals surface area contributed by atoms with Gasteiger partial charge in [0.15, 0.2) is 0 Å². The summed E-state index contributed by atoms with van der Waals surface area (Å²) in [6.07, 6.45) is 8.08. The maximum absolute atomic E-state index is 10.5. The van der Waals surface area contributed by atoms with Crippen molar-refractivity contribution in [3.63, 3.8) is 0 Å². The predicted octanol–water partition coefficient (Wildman–Crippen LogP) is 11.6. The number of carbonyl (C=O) groups excluding carboxylic acids is 1. The average Bonchev–Trinajstić information content (AvgIpc) is 3.23. The second-order valence-electron chi connectivity index (χ2n) is 15.8. The van der Waals surface area contributed by atoms with Crippen LogP contribution in [-0.4, -0.2) is 54.4 Å². The molecule has 0 heterocycles. The summed E-state index contributed by atoms with van der Waals surface area (Å²) in [5, 5.41) is 8.78. The molecule has 8 heteroatoms. The molecule has 318 valence electrons. The van der Waals surface area contributed by atoms with Gasteiger partial charge in [0, 0.05) is 59.3 Å². The third-order valence-electron chi connectivity index (χ3n) is 10.5. The van der Waals surface area contributed by atoms with Gasteiger partial charge >= 0.3 is 6.18 Å². The van der Waals surface area contributed by atoms with E-state index in [9.17, 15) is 13.2 Å². The molecule has 0 amide bonds. The summed E-state index contributed by atoms with van der Waals surface area (Å²) in [7, 11) is 12.4. The Kier molecular flexibility index (Phi) is 15.3. The number of halogens is 3. The summed E-state index contributed by atoms with van der Waals surface area (Å²) < 4.78 is 31.5. The van der Waals surface area contributed by atoms with Crippen molar-refractivity contribution in [2.45, 2.75) is 26.9 Å². The lowest BCUT2D eigenvalue weighted by atomic mass is 9.82. The molecule has 0 aliphatic heterocycles. The van der Waals surface area contributed by atoms with E-state index in [-0.39, 0.29) is 0 Å². The first-order valence-corrected chi connectivity index (χ1v) is 20.2. The Balaban J connectivity index is 0.000000955. The second-order valence-corrected chi connectivity index (χ2v) is 15.8. The Morgan fingerprint density at radius 3 is 0.887 bits per heavy atom. The largest absolute Gasteiger partial charge is 0.542 e. The molecular formula is C54H54F3N3O2. The molecule has 0 fully saturated rings. The molecule has 0 saturated carbocycles. The van der Waals surface area contributed by atoms with Gasteiger partial charge in [-0.15, -0.1) is 0 Å². The number of nitrogens with zero attached hydrogens (tertiary/aromatic N) is 3. The van der Waals surface area contributed by atoms with Crippen LogP contribution in [0.2, 0.25) is 0 Å². The Morgan fingerprint density at radius 1 is 0.452 bits per heavy atom. The number of carbonyl (C=O) groups is 1. The van der Waals surface area contributed by atoms with Crippen LogP contribution in [0.25, 0.3) is 36.5 Å². The van der Waals surface area contributed by atoms with E-state index < -0.39 is 12.1 Å². The monoisotopic (exact) mass is 833 g/mol. The molecular weight excluding hydrogens is 780 g/mol. The van der Waals surface area contributed by atoms with Gasteiger partial charge in [-0.25, -0.2) is 0 Å². The minimum atomic E-state index is -5.19. The molecule has 0 spiro atoms. The Bertz CT molecular complexity index is 2270. The summed E-state index contributed by atoms with van der Waals surface area (Å²) in [6, 6.07) is 46.6. The minimum Gasteiger partial charge on any atom is -0.542 e. The zero-order chi connectivity index (χ0) is 45.1. The van der Waals surface area contributed by atoms with Crippen molar-refractivity contribution >= 4 is 59.5 Å². The van der Waals surface area contributed by atoms with Crippen LogP contribution in [0.3, 0.4) is 0 Å². The van der Waals surface area contributed by atoms with Crippen LogP contribution in [0, 0.1) is 26.7 Å². The van der Waals surface area contributed by atoms with Crippen molar-refractivity contribution in [3.05, 3.63) is 200 Å². The maximum Gasteiger partial charge on any atom is 0.430 e. The van der Waals surface area contributed by atoms with Crippen LogP contribution >= 0.6 is 0 Å². The molecule has 0 aliphatic carbocycles. The van der Waals surface area contributed by atoms with Crippen molar-refractivity contribution in [2.75, 3.05) is 57.0 Å². The van der Waals surface area contributed by atoms with E-state index in [1.807, 2.05) is 0 Å². The molecule has 6 rings (SSSR count). The van der Waals surface area contributed by atoms with Gasteiger partial charge in [-0.3, -0.25) is 0 Å². The number of carboxylic acids is 1. The number of alkyl halides is 3. The zero-order valence-corrected chi connectivity index (χ0v) is 36.9. The fourth-order valence-corrected chi connectivity index (χ4v) is 6.76. The Labute approximate surface area is 365 Å². The van der Waals surface area contributed by atoms with Gasteiger partial charge in [0.05, 0.1) is 22.6 Å². The zero-order valence-electron chi connectivity index (χ0n) is 36.9. The standard InChI is InChI=1S/C52H54N3.C2HF3O2/c1-37-34-46(25-22-43(37)19-10-40-13-28-49(29-14-40)53(4)5)52(47-26-23-44(38(2)35-47)20-11-41-15-30-50(31-16-41)54(6)7)48-27-24-45(39(3)36-48)21-12-42-17-32-51(33-18-42)55(8)9;3-2(4,5)1(6)7/h10-36H,1-9H3;(H,6,7)/q+1;/p-1/b19-10+,20-11+,21-12+;. The molecule has 0 atom stereocenters. The molecule has 5 nitrogen and oxygen atoms in total. The number of hydrogen-bond donors (Lipinski definition) is 0. The van der Waals surface area contributed by atoms with Gasteiger partial charge in [-0.2, -0.15) is 13.2 Å². The Morgan fingerprint density at radius 2 is 0.694 bits per heavy atom. The van der Waals surface area contributed by atoms with E-state index in [1.165, 1.54) is 89.7 Å². The molecule has 0 aliphatic rings. The lowest BCUT2D eigenvalue weighted by Gasteiger charge is -2.17. The van der Waals surface area contributed by atoms with Crippen LogP contribution in [0.5, 0.6) is 0 Å².